The maximum absolute atomic E-state index is 12.7. The minimum Gasteiger partial charge on any atom is -0.372 e. The number of sulfonamides is 1. The van der Waals surface area contributed by atoms with Gasteiger partial charge >= 0.3 is 0 Å². The van der Waals surface area contributed by atoms with Gasteiger partial charge in [-0.2, -0.15) is 4.31 Å². The summed E-state index contributed by atoms with van der Waals surface area (Å²) in [6, 6.07) is 6.65. The molecule has 7 heteroatoms. The van der Waals surface area contributed by atoms with Crippen LogP contribution in [0, 0.1) is 0 Å². The highest BCUT2D eigenvalue weighted by molar-refractivity contribution is 7.89. The second-order valence-electron chi connectivity index (χ2n) is 6.28. The number of piperazine rings is 1. The largest absolute Gasteiger partial charge is 0.372 e. The van der Waals surface area contributed by atoms with Crippen molar-refractivity contribution in [2.45, 2.75) is 30.3 Å². The Kier molecular flexibility index (Phi) is 5.59. The van der Waals surface area contributed by atoms with Gasteiger partial charge in [0.2, 0.25) is 10.0 Å². The number of hydrogen-bond acceptors (Lipinski definition) is 3. The van der Waals surface area contributed by atoms with Crippen molar-refractivity contribution in [3.8, 4) is 0 Å². The molecule has 0 bridgehead atoms. The van der Waals surface area contributed by atoms with Crippen LogP contribution in [0.2, 0.25) is 5.02 Å². The minimum atomic E-state index is -3.49. The maximum atomic E-state index is 12.7. The Labute approximate surface area is 143 Å². The lowest BCUT2D eigenvalue weighted by Gasteiger charge is -2.34. The van der Waals surface area contributed by atoms with Crippen LogP contribution in [-0.2, 0) is 14.8 Å². The van der Waals surface area contributed by atoms with Gasteiger partial charge in [-0.3, -0.25) is 0 Å². The Balaban J connectivity index is 1.59. The number of benzene rings is 1. The number of hydrogen-bond donors (Lipinski definition) is 1. The molecule has 128 valence electrons. The highest BCUT2D eigenvalue weighted by Gasteiger charge is 2.32. The fourth-order valence-corrected chi connectivity index (χ4v) is 5.26. The molecule has 0 spiro atoms. The summed E-state index contributed by atoms with van der Waals surface area (Å²) in [5, 5.41) is 0.290. The van der Waals surface area contributed by atoms with E-state index in [0.717, 1.165) is 39.1 Å². The highest BCUT2D eigenvalue weighted by Crippen LogP contribution is 2.24. The smallest absolute Gasteiger partial charge is 0.244 e. The third-order valence-corrected chi connectivity index (χ3v) is 7.07. The Bertz CT molecular complexity index is 624. The molecule has 3 rings (SSSR count). The number of quaternary nitrogens is 1. The molecule has 0 unspecified atom stereocenters. The molecule has 1 N–H and O–H groups in total. The van der Waals surface area contributed by atoms with Gasteiger partial charge in [0.25, 0.3) is 0 Å². The molecule has 0 amide bonds. The van der Waals surface area contributed by atoms with Gasteiger partial charge in [-0.15, -0.1) is 0 Å². The van der Waals surface area contributed by atoms with Crippen LogP contribution >= 0.6 is 11.6 Å². The van der Waals surface area contributed by atoms with E-state index in [-0.39, 0.29) is 9.92 Å². The van der Waals surface area contributed by atoms with Gasteiger partial charge in [0, 0.05) is 6.61 Å². The van der Waals surface area contributed by atoms with E-state index in [9.17, 15) is 8.42 Å². The second-order valence-corrected chi connectivity index (χ2v) is 8.59. The van der Waals surface area contributed by atoms with Crippen molar-refractivity contribution in [1.82, 2.24) is 4.31 Å². The first-order valence-corrected chi connectivity index (χ1v) is 10.1. The molecule has 0 radical (unpaired) electrons. The molecule has 2 saturated heterocycles. The monoisotopic (exact) mass is 359 g/mol. The van der Waals surface area contributed by atoms with Crippen LogP contribution in [0.3, 0.4) is 0 Å². The van der Waals surface area contributed by atoms with Crippen molar-refractivity contribution in [3.63, 3.8) is 0 Å². The zero-order valence-corrected chi connectivity index (χ0v) is 14.8. The molecule has 2 fully saturated rings. The fourth-order valence-electron chi connectivity index (χ4n) is 3.33. The summed E-state index contributed by atoms with van der Waals surface area (Å²) in [6.45, 7) is 4.57. The molecular formula is C16H24ClN2O3S+. The van der Waals surface area contributed by atoms with Crippen molar-refractivity contribution in [3.05, 3.63) is 29.3 Å². The Morgan fingerprint density at radius 1 is 1.22 bits per heavy atom. The molecule has 0 saturated carbocycles. The lowest BCUT2D eigenvalue weighted by Crippen LogP contribution is -3.15. The Hall–Kier alpha value is -0.660. The first-order valence-electron chi connectivity index (χ1n) is 8.27. The second kappa shape index (κ2) is 7.49. The molecule has 1 aromatic carbocycles. The van der Waals surface area contributed by atoms with Crippen LogP contribution in [0.5, 0.6) is 0 Å². The minimum absolute atomic E-state index is 0.209. The van der Waals surface area contributed by atoms with E-state index in [0.29, 0.717) is 19.2 Å². The maximum Gasteiger partial charge on any atom is 0.244 e. The van der Waals surface area contributed by atoms with E-state index in [1.54, 1.807) is 28.6 Å². The van der Waals surface area contributed by atoms with Crippen molar-refractivity contribution in [1.29, 1.82) is 0 Å². The summed E-state index contributed by atoms with van der Waals surface area (Å²) in [7, 11) is -3.49. The number of nitrogens with zero attached hydrogens (tertiary/aromatic N) is 1. The Morgan fingerprint density at radius 3 is 2.61 bits per heavy atom. The van der Waals surface area contributed by atoms with Crippen molar-refractivity contribution in [2.24, 2.45) is 0 Å². The van der Waals surface area contributed by atoms with Gasteiger partial charge in [0.15, 0.2) is 0 Å². The van der Waals surface area contributed by atoms with Gasteiger partial charge in [0.1, 0.15) is 17.5 Å². The van der Waals surface area contributed by atoms with Gasteiger partial charge < -0.3 is 9.64 Å². The summed E-state index contributed by atoms with van der Waals surface area (Å²) in [5.41, 5.74) is 0. The van der Waals surface area contributed by atoms with E-state index in [4.69, 9.17) is 16.3 Å². The summed E-state index contributed by atoms with van der Waals surface area (Å²) >= 11 is 6.06. The first kappa shape index (κ1) is 17.2. The summed E-state index contributed by atoms with van der Waals surface area (Å²) in [6.07, 6.45) is 3.87. The average Bonchev–Trinajstić information content (AvgIpc) is 2.56. The molecule has 2 heterocycles. The lowest BCUT2D eigenvalue weighted by atomic mass is 10.1. The molecule has 23 heavy (non-hydrogen) atoms. The molecule has 1 atom stereocenters. The van der Waals surface area contributed by atoms with Gasteiger partial charge in [-0.1, -0.05) is 23.7 Å². The lowest BCUT2D eigenvalue weighted by molar-refractivity contribution is -0.907. The van der Waals surface area contributed by atoms with E-state index in [1.807, 2.05) is 0 Å². The third kappa shape index (κ3) is 4.06. The number of halogens is 1. The predicted molar refractivity (Wildman–Crippen MR) is 89.4 cm³/mol. The van der Waals surface area contributed by atoms with E-state index in [2.05, 4.69) is 0 Å². The highest BCUT2D eigenvalue weighted by atomic mass is 35.5. The van der Waals surface area contributed by atoms with Gasteiger partial charge in [-0.05, 0) is 31.4 Å². The van der Waals surface area contributed by atoms with Crippen molar-refractivity contribution >= 4 is 21.6 Å². The van der Waals surface area contributed by atoms with Crippen LogP contribution in [0.1, 0.15) is 19.3 Å². The topological polar surface area (TPSA) is 51.0 Å². The van der Waals surface area contributed by atoms with E-state index < -0.39 is 10.0 Å². The normalized spacial score (nSPS) is 24.7. The number of rotatable bonds is 4. The molecule has 5 nitrogen and oxygen atoms in total. The van der Waals surface area contributed by atoms with Crippen molar-refractivity contribution < 1.29 is 18.1 Å². The first-order chi connectivity index (χ1) is 11.1. The summed E-state index contributed by atoms with van der Waals surface area (Å²) in [4.78, 5) is 1.64. The summed E-state index contributed by atoms with van der Waals surface area (Å²) in [5.74, 6) is 0. The fraction of sp³-hybridized carbons (Fsp3) is 0.625. The van der Waals surface area contributed by atoms with Crippen LogP contribution in [0.15, 0.2) is 29.2 Å². The molecule has 0 aliphatic carbocycles. The third-order valence-electron chi connectivity index (χ3n) is 4.67. The molecule has 2 aliphatic rings. The summed E-state index contributed by atoms with van der Waals surface area (Å²) < 4.78 is 32.8. The van der Waals surface area contributed by atoms with Crippen LogP contribution < -0.4 is 4.90 Å². The molecule has 2 aliphatic heterocycles. The molecule has 0 aromatic heterocycles. The average molecular weight is 360 g/mol. The predicted octanol–water partition coefficient (Wildman–Crippen LogP) is 0.798. The number of ether oxygens (including phenoxy) is 1. The number of nitrogens with one attached hydrogen (secondary N) is 1. The van der Waals surface area contributed by atoms with E-state index >= 15 is 0 Å². The quantitative estimate of drug-likeness (QED) is 0.865. The van der Waals surface area contributed by atoms with Crippen LogP contribution in [0.4, 0.5) is 0 Å². The standard InChI is InChI=1S/C16H23ClN2O3S/c17-15-6-1-2-7-16(15)23(20,21)19-10-8-18(9-11-19)13-14-5-3-4-12-22-14/h1-2,6-7,14H,3-5,8-13H2/p+1/t14-/m0/s1. The zero-order valence-electron chi connectivity index (χ0n) is 13.2. The van der Waals surface area contributed by atoms with Crippen LogP contribution in [0.25, 0.3) is 0 Å². The van der Waals surface area contributed by atoms with Crippen LogP contribution in [-0.4, -0.2) is 58.2 Å². The SMILES string of the molecule is O=S(=O)(c1ccccc1Cl)N1CC[NH+](C[C@@H]2CCCCO2)CC1. The van der Waals surface area contributed by atoms with E-state index in [1.165, 1.54) is 11.3 Å². The Morgan fingerprint density at radius 2 is 1.96 bits per heavy atom. The molecule has 1 aromatic rings. The van der Waals surface area contributed by atoms with Crippen molar-refractivity contribution in [2.75, 3.05) is 39.3 Å². The molecular weight excluding hydrogens is 336 g/mol. The zero-order chi connectivity index (χ0) is 16.3. The van der Waals surface area contributed by atoms with Gasteiger partial charge in [-0.25, -0.2) is 8.42 Å². The van der Waals surface area contributed by atoms with Gasteiger partial charge in [0.05, 0.1) is 31.2 Å².